The quantitative estimate of drug-likeness (QED) is 0.797. The third-order valence-electron chi connectivity index (χ3n) is 4.79. The summed E-state index contributed by atoms with van der Waals surface area (Å²) in [5, 5.41) is 0. The third kappa shape index (κ3) is 1.69. The molecule has 0 aliphatic carbocycles. The van der Waals surface area contributed by atoms with E-state index in [1.54, 1.807) is 0 Å². The summed E-state index contributed by atoms with van der Waals surface area (Å²) >= 11 is 0. The van der Waals surface area contributed by atoms with Crippen LogP contribution in [0.15, 0.2) is 0 Å². The van der Waals surface area contributed by atoms with Gasteiger partial charge in [0.1, 0.15) is 0 Å². The van der Waals surface area contributed by atoms with Gasteiger partial charge in [-0.05, 0) is 45.4 Å². The maximum atomic E-state index is 6.03. The lowest BCUT2D eigenvalue weighted by Gasteiger charge is -2.36. The first-order valence-electron chi connectivity index (χ1n) is 6.73. The van der Waals surface area contributed by atoms with E-state index in [0.717, 1.165) is 13.0 Å². The lowest BCUT2D eigenvalue weighted by Crippen LogP contribution is -2.42. The van der Waals surface area contributed by atoms with Crippen molar-refractivity contribution in [2.75, 3.05) is 6.54 Å². The summed E-state index contributed by atoms with van der Waals surface area (Å²) in [6.45, 7) is 2.94. The van der Waals surface area contributed by atoms with Gasteiger partial charge in [0.05, 0.1) is 24.4 Å². The zero-order chi connectivity index (χ0) is 11.2. The first kappa shape index (κ1) is 11.0. The second-order valence-corrected chi connectivity index (χ2v) is 5.94. The summed E-state index contributed by atoms with van der Waals surface area (Å²) in [6, 6.07) is 0. The minimum atomic E-state index is 0.234. The maximum Gasteiger partial charge on any atom is 0.0650 e. The van der Waals surface area contributed by atoms with Crippen LogP contribution >= 0.6 is 0 Å². The predicted octanol–water partition coefficient (Wildman–Crippen LogP) is 1.84. The van der Waals surface area contributed by atoms with Gasteiger partial charge in [0.15, 0.2) is 0 Å². The molecule has 3 aliphatic rings. The molecule has 3 rings (SSSR count). The van der Waals surface area contributed by atoms with Crippen molar-refractivity contribution in [3.05, 3.63) is 0 Å². The lowest BCUT2D eigenvalue weighted by atomic mass is 9.70. The van der Waals surface area contributed by atoms with E-state index in [1.807, 2.05) is 0 Å². The van der Waals surface area contributed by atoms with Crippen molar-refractivity contribution in [1.82, 2.24) is 0 Å². The zero-order valence-electron chi connectivity index (χ0n) is 10.2. The topological polar surface area (TPSA) is 44.5 Å². The van der Waals surface area contributed by atoms with Crippen LogP contribution < -0.4 is 5.73 Å². The molecule has 5 atom stereocenters. The smallest absolute Gasteiger partial charge is 0.0650 e. The van der Waals surface area contributed by atoms with E-state index in [0.29, 0.717) is 24.4 Å². The van der Waals surface area contributed by atoms with E-state index in [1.165, 1.54) is 32.1 Å². The first-order valence-corrected chi connectivity index (χ1v) is 6.73. The summed E-state index contributed by atoms with van der Waals surface area (Å²) in [5.41, 5.74) is 6.27. The minimum absolute atomic E-state index is 0.234. The number of fused-ring (bicyclic) bond motifs is 2. The summed E-state index contributed by atoms with van der Waals surface area (Å²) in [5.74, 6) is 0. The molecule has 3 saturated heterocycles. The molecule has 0 aromatic rings. The van der Waals surface area contributed by atoms with Crippen molar-refractivity contribution in [2.24, 2.45) is 11.1 Å². The molecule has 16 heavy (non-hydrogen) atoms. The molecule has 3 nitrogen and oxygen atoms in total. The van der Waals surface area contributed by atoms with Gasteiger partial charge >= 0.3 is 0 Å². The Labute approximate surface area is 97.7 Å². The molecular weight excluding hydrogens is 202 g/mol. The van der Waals surface area contributed by atoms with Gasteiger partial charge in [0.2, 0.25) is 0 Å². The number of hydrogen-bond acceptors (Lipinski definition) is 3. The Bertz CT molecular complexity index is 271. The fraction of sp³-hybridized carbons (Fsp3) is 1.00. The second kappa shape index (κ2) is 3.97. The molecule has 92 valence electrons. The van der Waals surface area contributed by atoms with Gasteiger partial charge in [-0.25, -0.2) is 0 Å². The van der Waals surface area contributed by atoms with Crippen molar-refractivity contribution in [3.8, 4) is 0 Å². The molecule has 5 unspecified atom stereocenters. The third-order valence-corrected chi connectivity index (χ3v) is 4.79. The number of hydrogen-bond donors (Lipinski definition) is 1. The van der Waals surface area contributed by atoms with Crippen molar-refractivity contribution >= 4 is 0 Å². The summed E-state index contributed by atoms with van der Waals surface area (Å²) in [6.07, 6.45) is 8.95. The number of nitrogens with two attached hydrogens (primary N) is 1. The second-order valence-electron chi connectivity index (χ2n) is 5.94. The summed E-state index contributed by atoms with van der Waals surface area (Å²) in [4.78, 5) is 0. The fourth-order valence-corrected chi connectivity index (χ4v) is 3.89. The normalized spacial score (nSPS) is 51.4. The Kier molecular flexibility index (Phi) is 2.73. The Balaban J connectivity index is 1.67. The highest BCUT2D eigenvalue weighted by Gasteiger charge is 2.52. The van der Waals surface area contributed by atoms with Crippen LogP contribution in [0.25, 0.3) is 0 Å². The molecule has 3 heteroatoms. The lowest BCUT2D eigenvalue weighted by molar-refractivity contribution is -0.00235. The van der Waals surface area contributed by atoms with Crippen molar-refractivity contribution < 1.29 is 9.47 Å². The fourth-order valence-electron chi connectivity index (χ4n) is 3.89. The van der Waals surface area contributed by atoms with Gasteiger partial charge in [-0.1, -0.05) is 0 Å². The predicted molar refractivity (Wildman–Crippen MR) is 62.2 cm³/mol. The van der Waals surface area contributed by atoms with Crippen LogP contribution in [0.1, 0.15) is 45.4 Å². The highest BCUT2D eigenvalue weighted by Crippen LogP contribution is 2.50. The van der Waals surface area contributed by atoms with Gasteiger partial charge in [0.25, 0.3) is 0 Å². The van der Waals surface area contributed by atoms with E-state index in [2.05, 4.69) is 6.92 Å². The van der Waals surface area contributed by atoms with Crippen LogP contribution in [0.2, 0.25) is 0 Å². The van der Waals surface area contributed by atoms with Crippen LogP contribution in [-0.2, 0) is 9.47 Å². The molecule has 0 radical (unpaired) electrons. The van der Waals surface area contributed by atoms with Crippen LogP contribution in [0.4, 0.5) is 0 Å². The summed E-state index contributed by atoms with van der Waals surface area (Å²) in [7, 11) is 0. The Morgan fingerprint density at radius 1 is 1.19 bits per heavy atom. The standard InChI is InChI=1S/C13H23NO2/c1-9-2-3-10(15-9)6-13(8-14)7-11-4-5-12(13)16-11/h9-12H,2-8,14H2,1H3. The van der Waals surface area contributed by atoms with E-state index >= 15 is 0 Å². The Morgan fingerprint density at radius 2 is 2.06 bits per heavy atom. The Hall–Kier alpha value is -0.120. The SMILES string of the molecule is CC1CCC(CC2(CN)CC3CCC2O3)O1. The molecule has 3 aliphatic heterocycles. The van der Waals surface area contributed by atoms with Gasteiger partial charge in [-0.2, -0.15) is 0 Å². The van der Waals surface area contributed by atoms with E-state index in [-0.39, 0.29) is 5.41 Å². The molecule has 0 aromatic heterocycles. The molecule has 0 saturated carbocycles. The molecule has 3 heterocycles. The maximum absolute atomic E-state index is 6.03. The highest BCUT2D eigenvalue weighted by atomic mass is 16.5. The van der Waals surface area contributed by atoms with Crippen LogP contribution in [-0.4, -0.2) is 31.0 Å². The van der Waals surface area contributed by atoms with Crippen molar-refractivity contribution in [1.29, 1.82) is 0 Å². The van der Waals surface area contributed by atoms with Gasteiger partial charge < -0.3 is 15.2 Å². The molecule has 3 fully saturated rings. The average molecular weight is 225 g/mol. The molecular formula is C13H23NO2. The van der Waals surface area contributed by atoms with E-state index in [9.17, 15) is 0 Å². The molecule has 0 spiro atoms. The largest absolute Gasteiger partial charge is 0.375 e. The average Bonchev–Trinajstić information content (AvgIpc) is 2.94. The zero-order valence-corrected chi connectivity index (χ0v) is 10.2. The van der Waals surface area contributed by atoms with Gasteiger partial charge in [-0.3, -0.25) is 0 Å². The van der Waals surface area contributed by atoms with Crippen molar-refractivity contribution in [2.45, 2.75) is 69.9 Å². The monoisotopic (exact) mass is 225 g/mol. The first-order chi connectivity index (χ1) is 7.72. The van der Waals surface area contributed by atoms with Crippen LogP contribution in [0, 0.1) is 5.41 Å². The number of ether oxygens (including phenoxy) is 2. The minimum Gasteiger partial charge on any atom is -0.375 e. The van der Waals surface area contributed by atoms with Gasteiger partial charge in [-0.15, -0.1) is 0 Å². The van der Waals surface area contributed by atoms with E-state index < -0.39 is 0 Å². The molecule has 2 N–H and O–H groups in total. The van der Waals surface area contributed by atoms with Gasteiger partial charge in [0, 0.05) is 12.0 Å². The highest BCUT2D eigenvalue weighted by molar-refractivity contribution is 5.02. The van der Waals surface area contributed by atoms with Crippen molar-refractivity contribution in [3.63, 3.8) is 0 Å². The van der Waals surface area contributed by atoms with E-state index in [4.69, 9.17) is 15.2 Å². The summed E-state index contributed by atoms with van der Waals surface area (Å²) < 4.78 is 11.9. The van der Waals surface area contributed by atoms with Crippen LogP contribution in [0.3, 0.4) is 0 Å². The molecule has 0 aromatic carbocycles. The van der Waals surface area contributed by atoms with Crippen LogP contribution in [0.5, 0.6) is 0 Å². The molecule has 0 amide bonds. The number of rotatable bonds is 3. The molecule has 2 bridgehead atoms. The Morgan fingerprint density at radius 3 is 2.56 bits per heavy atom.